The van der Waals surface area contributed by atoms with Gasteiger partial charge in [-0.3, -0.25) is 9.59 Å². The van der Waals surface area contributed by atoms with Crippen LogP contribution in [0.3, 0.4) is 0 Å². The van der Waals surface area contributed by atoms with Crippen LogP contribution in [0.2, 0.25) is 10.0 Å². The summed E-state index contributed by atoms with van der Waals surface area (Å²) < 4.78 is 20.8. The van der Waals surface area contributed by atoms with Crippen LogP contribution >= 0.6 is 23.2 Å². The summed E-state index contributed by atoms with van der Waals surface area (Å²) in [5.41, 5.74) is 7.90. The number of halogens is 3. The van der Waals surface area contributed by atoms with Gasteiger partial charge >= 0.3 is 0 Å². The number of aromatic nitrogens is 1. The number of anilines is 2. The molecule has 8 nitrogen and oxygen atoms in total. The number of ether oxygens (including phenoxy) is 1. The van der Waals surface area contributed by atoms with Crippen LogP contribution in [0.5, 0.6) is 11.5 Å². The third-order valence-corrected chi connectivity index (χ3v) is 5.81. The number of hydrogen-bond acceptors (Lipinski definition) is 5. The molecule has 0 unspecified atom stereocenters. The fourth-order valence-corrected chi connectivity index (χ4v) is 4.07. The van der Waals surface area contributed by atoms with Crippen LogP contribution in [0.25, 0.3) is 10.9 Å². The smallest absolute Gasteiger partial charge is 0.267 e. The first-order valence-electron chi connectivity index (χ1n) is 11.2. The van der Waals surface area contributed by atoms with E-state index in [4.69, 9.17) is 33.7 Å². The van der Waals surface area contributed by atoms with E-state index in [0.717, 1.165) is 5.39 Å². The Morgan fingerprint density at radius 2 is 1.86 bits per heavy atom. The summed E-state index contributed by atoms with van der Waals surface area (Å²) >= 11 is 12.1. The number of hydrogen-bond donors (Lipinski definition) is 4. The highest BCUT2D eigenvalue weighted by Crippen LogP contribution is 2.35. The van der Waals surface area contributed by atoms with Gasteiger partial charge in [-0.2, -0.15) is 0 Å². The molecule has 0 aliphatic heterocycles. The van der Waals surface area contributed by atoms with Crippen molar-refractivity contribution in [2.45, 2.75) is 6.54 Å². The fraction of sp³-hybridized carbons (Fsp3) is 0.154. The molecule has 192 valence electrons. The minimum Gasteiger partial charge on any atom is -0.453 e. The number of likely N-dealkylation sites (N-methyl/N-ethyl adjacent to an activating group) is 1. The predicted molar refractivity (Wildman–Crippen MR) is 144 cm³/mol. The largest absolute Gasteiger partial charge is 0.453 e. The van der Waals surface area contributed by atoms with Crippen LogP contribution in [-0.2, 0) is 11.3 Å². The van der Waals surface area contributed by atoms with Crippen molar-refractivity contribution in [3.8, 4) is 11.5 Å². The maximum absolute atomic E-state index is 15.2. The van der Waals surface area contributed by atoms with Gasteiger partial charge in [-0.1, -0.05) is 29.3 Å². The normalized spacial score (nSPS) is 11.1. The molecule has 0 aliphatic carbocycles. The highest BCUT2D eigenvalue weighted by atomic mass is 35.5. The second-order valence-corrected chi connectivity index (χ2v) is 9.47. The SMILES string of the molecule is CN(C)CC(=O)Nc1ccc2[nH]c(C(=O)NCc3ccc(Cl)c(Oc4cc(N)cc(Cl)c4)c3F)cc2c1. The van der Waals surface area contributed by atoms with Gasteiger partial charge in [-0.15, -0.1) is 0 Å². The molecule has 0 bridgehead atoms. The van der Waals surface area contributed by atoms with Gasteiger partial charge in [0.2, 0.25) is 5.91 Å². The average Bonchev–Trinajstić information content (AvgIpc) is 3.23. The fourth-order valence-electron chi connectivity index (χ4n) is 3.66. The number of H-pyrrole nitrogens is 1. The number of nitrogens with two attached hydrogens (primary N) is 1. The Kier molecular flexibility index (Phi) is 7.87. The molecule has 0 aliphatic rings. The van der Waals surface area contributed by atoms with Crippen LogP contribution < -0.4 is 21.1 Å². The summed E-state index contributed by atoms with van der Waals surface area (Å²) in [6.45, 7) is 0.136. The van der Waals surface area contributed by atoms with Crippen LogP contribution in [0.15, 0.2) is 54.6 Å². The lowest BCUT2D eigenvalue weighted by Crippen LogP contribution is -2.27. The molecule has 3 aromatic carbocycles. The minimum absolute atomic E-state index is 0.0511. The second kappa shape index (κ2) is 11.1. The Morgan fingerprint density at radius 1 is 1.08 bits per heavy atom. The Hall–Kier alpha value is -3.79. The summed E-state index contributed by atoms with van der Waals surface area (Å²) in [4.78, 5) is 29.6. The van der Waals surface area contributed by atoms with Gasteiger partial charge < -0.3 is 31.0 Å². The van der Waals surface area contributed by atoms with Crippen molar-refractivity contribution in [1.82, 2.24) is 15.2 Å². The van der Waals surface area contributed by atoms with Gasteiger partial charge in [0.15, 0.2) is 11.6 Å². The molecule has 2 amide bonds. The standard InChI is InChI=1S/C26H24Cl2FN5O3/c1-34(2)13-23(35)32-18-4-6-21-15(7-18)8-22(33-21)26(36)31-12-14-3-5-20(28)25(24(14)29)37-19-10-16(27)9-17(30)11-19/h3-11,33H,12-13,30H2,1-2H3,(H,31,36)(H,32,35). The Labute approximate surface area is 222 Å². The predicted octanol–water partition coefficient (Wildman–Crippen LogP) is 5.42. The Balaban J connectivity index is 1.46. The summed E-state index contributed by atoms with van der Waals surface area (Å²) in [6.07, 6.45) is 0. The van der Waals surface area contributed by atoms with Gasteiger partial charge in [0, 0.05) is 45.5 Å². The minimum atomic E-state index is -0.721. The zero-order valence-corrected chi connectivity index (χ0v) is 21.5. The van der Waals surface area contributed by atoms with Crippen molar-refractivity contribution in [3.63, 3.8) is 0 Å². The third kappa shape index (κ3) is 6.51. The molecule has 37 heavy (non-hydrogen) atoms. The molecule has 4 rings (SSSR count). The number of rotatable bonds is 8. The second-order valence-electron chi connectivity index (χ2n) is 8.63. The van der Waals surface area contributed by atoms with Gasteiger partial charge in [-0.25, -0.2) is 4.39 Å². The molecule has 0 atom stereocenters. The number of amides is 2. The topological polar surface area (TPSA) is 112 Å². The number of carbonyl (C=O) groups is 2. The Bertz CT molecular complexity index is 1470. The van der Waals surface area contributed by atoms with Crippen LogP contribution in [0, 0.1) is 5.82 Å². The molecule has 1 aromatic heterocycles. The average molecular weight is 544 g/mol. The maximum atomic E-state index is 15.2. The third-order valence-electron chi connectivity index (χ3n) is 5.29. The van der Waals surface area contributed by atoms with Crippen molar-refractivity contribution >= 4 is 57.3 Å². The molecule has 0 saturated carbocycles. The number of benzene rings is 3. The highest BCUT2D eigenvalue weighted by molar-refractivity contribution is 6.32. The van der Waals surface area contributed by atoms with Crippen molar-refractivity contribution in [2.24, 2.45) is 0 Å². The first-order valence-corrected chi connectivity index (χ1v) is 11.9. The summed E-state index contributed by atoms with van der Waals surface area (Å²) in [6, 6.07) is 14.4. The molecular weight excluding hydrogens is 520 g/mol. The van der Waals surface area contributed by atoms with E-state index >= 15 is 4.39 Å². The van der Waals surface area contributed by atoms with Gasteiger partial charge in [0.1, 0.15) is 11.4 Å². The lowest BCUT2D eigenvalue weighted by Gasteiger charge is -2.13. The molecule has 0 saturated heterocycles. The number of fused-ring (bicyclic) bond motifs is 1. The van der Waals surface area contributed by atoms with Gasteiger partial charge in [0.05, 0.1) is 11.6 Å². The van der Waals surface area contributed by atoms with Crippen LogP contribution in [-0.4, -0.2) is 42.3 Å². The van der Waals surface area contributed by atoms with E-state index in [-0.39, 0.29) is 46.8 Å². The van der Waals surface area contributed by atoms with Crippen molar-refractivity contribution in [2.75, 3.05) is 31.7 Å². The molecule has 1 heterocycles. The van der Waals surface area contributed by atoms with E-state index in [2.05, 4.69) is 15.6 Å². The summed E-state index contributed by atoms with van der Waals surface area (Å²) in [7, 11) is 3.61. The molecular formula is C26H24Cl2FN5O3. The van der Waals surface area contributed by atoms with E-state index in [1.807, 2.05) is 0 Å². The monoisotopic (exact) mass is 543 g/mol. The van der Waals surface area contributed by atoms with Crippen molar-refractivity contribution in [3.05, 3.63) is 81.7 Å². The number of nitrogens with one attached hydrogen (secondary N) is 3. The lowest BCUT2D eigenvalue weighted by atomic mass is 10.2. The number of nitrogen functional groups attached to an aromatic ring is 1. The van der Waals surface area contributed by atoms with Crippen molar-refractivity contribution in [1.29, 1.82) is 0 Å². The first kappa shape index (κ1) is 26.3. The van der Waals surface area contributed by atoms with E-state index < -0.39 is 11.7 Å². The molecule has 0 fully saturated rings. The lowest BCUT2D eigenvalue weighted by molar-refractivity contribution is -0.116. The number of nitrogens with zero attached hydrogens (tertiary/aromatic N) is 1. The quantitative estimate of drug-likeness (QED) is 0.222. The molecule has 11 heteroatoms. The maximum Gasteiger partial charge on any atom is 0.267 e. The molecule has 5 N–H and O–H groups in total. The van der Waals surface area contributed by atoms with Gasteiger partial charge in [0.25, 0.3) is 5.91 Å². The molecule has 4 aromatic rings. The van der Waals surface area contributed by atoms with Crippen LogP contribution in [0.4, 0.5) is 15.8 Å². The zero-order valence-electron chi connectivity index (χ0n) is 20.0. The Morgan fingerprint density at radius 3 is 2.59 bits per heavy atom. The first-order chi connectivity index (χ1) is 17.6. The van der Waals surface area contributed by atoms with E-state index in [1.54, 1.807) is 43.3 Å². The zero-order chi connectivity index (χ0) is 26.7. The highest BCUT2D eigenvalue weighted by Gasteiger charge is 2.17. The van der Waals surface area contributed by atoms with Crippen LogP contribution in [0.1, 0.15) is 16.1 Å². The number of carbonyl (C=O) groups excluding carboxylic acids is 2. The van der Waals surface area contributed by atoms with E-state index in [9.17, 15) is 9.59 Å². The van der Waals surface area contributed by atoms with Crippen molar-refractivity contribution < 1.29 is 18.7 Å². The number of aromatic amines is 1. The summed E-state index contributed by atoms with van der Waals surface area (Å²) in [5.74, 6) is -1.29. The van der Waals surface area contributed by atoms with Gasteiger partial charge in [-0.05, 0) is 56.6 Å². The van der Waals surface area contributed by atoms with E-state index in [1.165, 1.54) is 30.3 Å². The molecule has 0 radical (unpaired) electrons. The molecule has 0 spiro atoms. The summed E-state index contributed by atoms with van der Waals surface area (Å²) in [5, 5.41) is 6.62. The van der Waals surface area contributed by atoms with E-state index in [0.29, 0.717) is 21.9 Å².